The Morgan fingerprint density at radius 1 is 1.50 bits per heavy atom. The number of carbonyl (C=O) groups excluding carboxylic acids is 1. The maximum atomic E-state index is 10.8. The van der Waals surface area contributed by atoms with Gasteiger partial charge in [-0.2, -0.15) is 0 Å². The molecule has 1 atom stereocenters. The summed E-state index contributed by atoms with van der Waals surface area (Å²) in [6.45, 7) is 3.68. The van der Waals surface area contributed by atoms with Gasteiger partial charge in [-0.05, 0) is 20.0 Å². The summed E-state index contributed by atoms with van der Waals surface area (Å²) in [5.74, 6) is -0.236. The van der Waals surface area contributed by atoms with Crippen molar-refractivity contribution in [2.24, 2.45) is 0 Å². The molecule has 0 bridgehead atoms. The van der Waals surface area contributed by atoms with Gasteiger partial charge in [-0.25, -0.2) is 4.79 Å². The Bertz CT molecular complexity index is 161. The second-order valence-corrected chi connectivity index (χ2v) is 2.51. The summed E-state index contributed by atoms with van der Waals surface area (Å²) in [7, 11) is 3.95. The van der Waals surface area contributed by atoms with Crippen LogP contribution in [0, 0.1) is 0 Å². The highest BCUT2D eigenvalue weighted by atomic mass is 31.0. The van der Waals surface area contributed by atoms with Crippen LogP contribution in [0.15, 0.2) is 11.1 Å². The second-order valence-electron chi connectivity index (χ2n) is 2.10. The maximum absolute atomic E-state index is 10.8. The molecule has 58 valence electrons. The van der Waals surface area contributed by atoms with Crippen LogP contribution in [-0.4, -0.2) is 19.2 Å². The van der Waals surface area contributed by atoms with E-state index in [2.05, 4.69) is 14.0 Å². The van der Waals surface area contributed by atoms with E-state index in [1.54, 1.807) is 6.92 Å². The van der Waals surface area contributed by atoms with Crippen molar-refractivity contribution in [2.75, 3.05) is 13.3 Å². The van der Waals surface area contributed by atoms with E-state index in [9.17, 15) is 4.79 Å². The number of hydrogen-bond acceptors (Lipinski definition) is 2. The highest BCUT2D eigenvalue weighted by Crippen LogP contribution is 2.07. The molecule has 3 heteroatoms. The van der Waals surface area contributed by atoms with Crippen molar-refractivity contribution in [3.8, 4) is 0 Å². The van der Waals surface area contributed by atoms with Gasteiger partial charge in [-0.1, -0.05) is 5.57 Å². The van der Waals surface area contributed by atoms with E-state index in [1.807, 2.05) is 6.92 Å². The number of carbonyl (C=O) groups is 1. The van der Waals surface area contributed by atoms with E-state index < -0.39 is 0 Å². The summed E-state index contributed by atoms with van der Waals surface area (Å²) in [5, 5.41) is 0. The Morgan fingerprint density at radius 2 is 2.00 bits per heavy atom. The van der Waals surface area contributed by atoms with Crippen molar-refractivity contribution in [3.63, 3.8) is 0 Å². The van der Waals surface area contributed by atoms with Gasteiger partial charge in [0.15, 0.2) is 0 Å². The second kappa shape index (κ2) is 4.45. The fourth-order valence-corrected chi connectivity index (χ4v) is 0.787. The van der Waals surface area contributed by atoms with Crippen LogP contribution in [0.2, 0.25) is 0 Å². The molecular weight excluding hydrogens is 147 g/mol. The summed E-state index contributed by atoms with van der Waals surface area (Å²) < 4.78 is 4.53. The van der Waals surface area contributed by atoms with Crippen molar-refractivity contribution >= 4 is 15.2 Å². The summed E-state index contributed by atoms with van der Waals surface area (Å²) >= 11 is 0. The number of ether oxygens (including phenoxy) is 1. The van der Waals surface area contributed by atoms with E-state index in [-0.39, 0.29) is 5.97 Å². The minimum atomic E-state index is -0.236. The van der Waals surface area contributed by atoms with Gasteiger partial charge in [0.25, 0.3) is 0 Å². The molecule has 0 fully saturated rings. The predicted molar refractivity (Wildman–Crippen MR) is 45.0 cm³/mol. The Labute approximate surface area is 63.8 Å². The van der Waals surface area contributed by atoms with Crippen LogP contribution in [0.5, 0.6) is 0 Å². The molecule has 0 N–H and O–H groups in total. The van der Waals surface area contributed by atoms with Gasteiger partial charge in [0, 0.05) is 5.57 Å². The van der Waals surface area contributed by atoms with E-state index >= 15 is 0 Å². The van der Waals surface area contributed by atoms with Crippen LogP contribution in [0.4, 0.5) is 0 Å². The van der Waals surface area contributed by atoms with Crippen molar-refractivity contribution in [3.05, 3.63) is 11.1 Å². The fraction of sp³-hybridized carbons (Fsp3) is 0.571. The minimum absolute atomic E-state index is 0.236. The zero-order chi connectivity index (χ0) is 8.15. The molecule has 0 aliphatic carbocycles. The number of rotatable bonds is 2. The third-order valence-electron chi connectivity index (χ3n) is 1.44. The molecular formula is C7H13O2P. The zero-order valence-electron chi connectivity index (χ0n) is 6.60. The molecule has 0 heterocycles. The number of methoxy groups -OCH3 is 1. The predicted octanol–water partition coefficient (Wildman–Crippen LogP) is 1.37. The lowest BCUT2D eigenvalue weighted by atomic mass is 10.2. The molecule has 0 aromatic heterocycles. The molecule has 0 aromatic carbocycles. The zero-order valence-corrected chi connectivity index (χ0v) is 7.76. The van der Waals surface area contributed by atoms with Gasteiger partial charge in [0.05, 0.1) is 7.11 Å². The monoisotopic (exact) mass is 160 g/mol. The summed E-state index contributed by atoms with van der Waals surface area (Å²) in [4.78, 5) is 10.8. The molecule has 0 aromatic rings. The molecule has 0 rings (SSSR count). The Balaban J connectivity index is 4.30. The lowest BCUT2D eigenvalue weighted by Gasteiger charge is -2.01. The lowest BCUT2D eigenvalue weighted by molar-refractivity contribution is -0.136. The first kappa shape index (κ1) is 9.64. The molecule has 1 unspecified atom stereocenters. The fourth-order valence-electron chi connectivity index (χ4n) is 0.480. The topological polar surface area (TPSA) is 26.3 Å². The summed E-state index contributed by atoms with van der Waals surface area (Å²) in [6, 6.07) is 0. The van der Waals surface area contributed by atoms with E-state index in [1.165, 1.54) is 7.11 Å². The molecule has 0 aliphatic rings. The molecule has 0 saturated carbocycles. The average Bonchev–Trinajstić information content (AvgIpc) is 2.00. The summed E-state index contributed by atoms with van der Waals surface area (Å²) in [6.07, 6.45) is 0.820. The van der Waals surface area contributed by atoms with Crippen LogP contribution >= 0.6 is 9.24 Å². The quantitative estimate of drug-likeness (QED) is 0.346. The van der Waals surface area contributed by atoms with E-state index in [0.29, 0.717) is 5.57 Å². The highest BCUT2D eigenvalue weighted by molar-refractivity contribution is 7.16. The highest BCUT2D eigenvalue weighted by Gasteiger charge is 2.04. The maximum Gasteiger partial charge on any atom is 0.333 e. The van der Waals surface area contributed by atoms with Crippen molar-refractivity contribution in [2.45, 2.75) is 13.8 Å². The van der Waals surface area contributed by atoms with Crippen molar-refractivity contribution in [1.82, 2.24) is 0 Å². The van der Waals surface area contributed by atoms with Crippen molar-refractivity contribution in [1.29, 1.82) is 0 Å². The Hall–Kier alpha value is -0.360. The third kappa shape index (κ3) is 2.49. The number of esters is 1. The molecule has 0 amide bonds. The molecule has 0 spiro atoms. The van der Waals surface area contributed by atoms with Gasteiger partial charge >= 0.3 is 5.97 Å². The number of allylic oxidation sites excluding steroid dienone is 1. The first-order valence-electron chi connectivity index (χ1n) is 3.08. The first-order chi connectivity index (χ1) is 4.63. The average molecular weight is 160 g/mol. The third-order valence-corrected chi connectivity index (χ3v) is 2.05. The van der Waals surface area contributed by atoms with Crippen molar-refractivity contribution < 1.29 is 9.53 Å². The molecule has 2 nitrogen and oxygen atoms in total. The van der Waals surface area contributed by atoms with Gasteiger partial charge in [-0.3, -0.25) is 0 Å². The molecule has 0 radical (unpaired) electrons. The SMILES string of the molecule is COC(=O)C(C)=C(C)CP. The normalized spacial score (nSPS) is 12.4. The number of hydrogen-bond donors (Lipinski definition) is 0. The van der Waals surface area contributed by atoms with Gasteiger partial charge in [0.1, 0.15) is 0 Å². The molecule has 0 saturated heterocycles. The Kier molecular flexibility index (Phi) is 4.29. The molecule has 10 heavy (non-hydrogen) atoms. The standard InChI is InChI=1S/C7H13O2P/c1-5(4-10)6(2)7(8)9-3/h4,10H2,1-3H3. The minimum Gasteiger partial charge on any atom is -0.466 e. The van der Waals surface area contributed by atoms with E-state index in [4.69, 9.17) is 0 Å². The van der Waals surface area contributed by atoms with Gasteiger partial charge in [0.2, 0.25) is 0 Å². The first-order valence-corrected chi connectivity index (χ1v) is 3.89. The van der Waals surface area contributed by atoms with Crippen LogP contribution < -0.4 is 0 Å². The lowest BCUT2D eigenvalue weighted by Crippen LogP contribution is -2.04. The van der Waals surface area contributed by atoms with Crippen LogP contribution in [-0.2, 0) is 9.53 Å². The van der Waals surface area contributed by atoms with E-state index in [0.717, 1.165) is 11.7 Å². The Morgan fingerprint density at radius 3 is 2.30 bits per heavy atom. The van der Waals surface area contributed by atoms with Crippen LogP contribution in [0.25, 0.3) is 0 Å². The summed E-state index contributed by atoms with van der Waals surface area (Å²) in [5.41, 5.74) is 1.76. The van der Waals surface area contributed by atoms with Gasteiger partial charge < -0.3 is 4.74 Å². The van der Waals surface area contributed by atoms with Crippen LogP contribution in [0.3, 0.4) is 0 Å². The molecule has 0 aliphatic heterocycles. The smallest absolute Gasteiger partial charge is 0.333 e. The van der Waals surface area contributed by atoms with Gasteiger partial charge in [-0.15, -0.1) is 9.24 Å². The largest absolute Gasteiger partial charge is 0.466 e. The van der Waals surface area contributed by atoms with Crippen LogP contribution in [0.1, 0.15) is 13.8 Å².